The van der Waals surface area contributed by atoms with E-state index in [1.54, 1.807) is 84.6 Å². The largest absolute Gasteiger partial charge is 0.417 e. The average Bonchev–Trinajstić information content (AvgIpc) is 0.714. The van der Waals surface area contributed by atoms with E-state index in [-0.39, 0.29) is 95.0 Å². The number of alkyl halides is 3. The van der Waals surface area contributed by atoms with E-state index in [0.29, 0.717) is 125 Å². The standard InChI is InChI=1S/C67H49BN2O4S.C55H39F3N2O4/c1-35(2)40-31-47(36(3)4)61(48(32-40)37(5)6)68-53-21-9-12-24-59(53)75-60-34-50(39-26-28-58-52(30-39)67(74)46-20-14-18-44-63(46)70(58)56-23-11-8-16-42(56)65(44)72)49(33-54(60)68)38-25-27-57-51(29-38)66(73)45-19-13-17-43-62(45)69(57)55-22-10-7-15-41(55)64(43)71;1-53(2,3)30-24-38-47-40(26-30)51(63)36-22-28(18-20-44(36)59(47)42-16-9-7-12-34(42)49(38)61)32-14-11-15-33(46(32)55(56,57)58)29-19-21-45-37(23-29)52(64)41-27-31(54(4,5)6)25-39-48(41)60(45)43-17-10-8-13-35(43)50(39)62/h7-37H,1-6H3;7-27H,1-6H3. The number of hydrogen-bond acceptors (Lipinski definition) is 9. The molecule has 0 spiro atoms. The van der Waals surface area contributed by atoms with Crippen LogP contribution in [0.15, 0.2) is 345 Å². The first-order valence-corrected chi connectivity index (χ1v) is 48.0. The second-order valence-electron chi connectivity index (χ2n) is 40.5. The molecule has 0 fully saturated rings. The monoisotopic (exact) mass is 1840 g/mol. The highest BCUT2D eigenvalue weighted by Gasteiger charge is 2.40. The van der Waals surface area contributed by atoms with Crippen molar-refractivity contribution in [3.8, 4) is 44.5 Å². The van der Waals surface area contributed by atoms with Crippen LogP contribution >= 0.6 is 11.8 Å². The number of rotatable bonds is 8. The van der Waals surface area contributed by atoms with Crippen LogP contribution in [-0.2, 0) is 17.0 Å². The number of para-hydroxylation sites is 6. The molecular formula is C122H88BF3N4O8S. The summed E-state index contributed by atoms with van der Waals surface area (Å²) in [5.74, 6) is 0.870. The van der Waals surface area contributed by atoms with Gasteiger partial charge in [0.1, 0.15) is 0 Å². The Kier molecular flexibility index (Phi) is 19.1. The number of aromatic nitrogens is 4. The van der Waals surface area contributed by atoms with E-state index in [0.717, 1.165) is 60.3 Å². The van der Waals surface area contributed by atoms with Crippen molar-refractivity contribution in [2.75, 3.05) is 0 Å². The Hall–Kier alpha value is -15.7. The Morgan fingerprint density at radius 2 is 0.547 bits per heavy atom. The summed E-state index contributed by atoms with van der Waals surface area (Å²) in [7, 11) is 0. The van der Waals surface area contributed by atoms with Gasteiger partial charge in [0.25, 0.3) is 0 Å². The maximum absolute atomic E-state index is 15.7. The molecule has 1 aliphatic heterocycles. The second-order valence-corrected chi connectivity index (χ2v) is 41.6. The highest BCUT2D eigenvalue weighted by molar-refractivity contribution is 8.00. The molecule has 0 atom stereocenters. The van der Waals surface area contributed by atoms with Gasteiger partial charge in [0.05, 0.1) is 71.8 Å². The molecule has 139 heavy (non-hydrogen) atoms. The average molecular weight is 1840 g/mol. The summed E-state index contributed by atoms with van der Waals surface area (Å²) in [6.45, 7) is 25.7. The summed E-state index contributed by atoms with van der Waals surface area (Å²) >= 11 is 1.78. The van der Waals surface area contributed by atoms with Crippen LogP contribution in [0.3, 0.4) is 0 Å². The van der Waals surface area contributed by atoms with Crippen molar-refractivity contribution in [2.24, 2.45) is 0 Å². The molecule has 0 saturated carbocycles. The fourth-order valence-corrected chi connectivity index (χ4v) is 23.7. The van der Waals surface area contributed by atoms with Crippen molar-refractivity contribution in [1.82, 2.24) is 17.6 Å². The molecule has 24 aromatic rings. The number of benzene rings is 16. The molecule has 0 N–H and O–H groups in total. The van der Waals surface area contributed by atoms with E-state index in [1.165, 1.54) is 62.2 Å². The molecule has 25 rings (SSSR count). The lowest BCUT2D eigenvalue weighted by Crippen LogP contribution is -2.57. The third-order valence-corrected chi connectivity index (χ3v) is 30.5. The van der Waals surface area contributed by atoms with E-state index in [4.69, 9.17) is 0 Å². The molecule has 12 nitrogen and oxygen atoms in total. The van der Waals surface area contributed by atoms with Crippen molar-refractivity contribution in [3.05, 3.63) is 412 Å². The maximum atomic E-state index is 15.7. The van der Waals surface area contributed by atoms with E-state index in [1.807, 2.05) is 190 Å². The molecule has 16 aromatic carbocycles. The predicted molar refractivity (Wildman–Crippen MR) is 570 cm³/mol. The smallest absolute Gasteiger partial charge is 0.308 e. The predicted octanol–water partition coefficient (Wildman–Crippen LogP) is 25.5. The van der Waals surface area contributed by atoms with Crippen LogP contribution < -0.4 is 59.8 Å². The summed E-state index contributed by atoms with van der Waals surface area (Å²) in [4.78, 5) is 118. The quantitative estimate of drug-likeness (QED) is 0.0821. The van der Waals surface area contributed by atoms with Crippen LogP contribution in [0.5, 0.6) is 0 Å². The molecule has 8 aromatic heterocycles. The summed E-state index contributed by atoms with van der Waals surface area (Å²) in [6, 6.07) is 92.4. The van der Waals surface area contributed by atoms with Crippen LogP contribution in [0.1, 0.15) is 134 Å². The Labute approximate surface area is 797 Å². The lowest BCUT2D eigenvalue weighted by atomic mass is 9.34. The Bertz CT molecular complexity index is 9890. The number of nitrogens with zero attached hydrogens (tertiary/aromatic N) is 4. The molecule has 0 saturated heterocycles. The highest BCUT2D eigenvalue weighted by Crippen LogP contribution is 2.48. The van der Waals surface area contributed by atoms with Crippen molar-refractivity contribution in [1.29, 1.82) is 0 Å². The molecule has 674 valence electrons. The summed E-state index contributed by atoms with van der Waals surface area (Å²) < 4.78 is 55.2. The SMILES string of the molecule is CC(C)(C)c1cc2c(=O)c3ccccc3n3c4ccc(-c5cccc(-c6ccc7c(c6)c(=O)c6cc(C(C)(C)C)cc8c(=O)c9ccccc9n7c86)c5C(F)(F)F)cc4c(=O)c(c1)c23.CC(C)c1cc(C(C)C)c(B2c3ccccc3Sc3cc(-c4ccc5c(c4)c(=O)c4cccc6c(=O)c7ccccc7n5c64)c(-c4ccc5c(c4)c(=O)c4cccc6c(=O)c7ccccc7n5c64)cc32)c(C(C)C)c1. The molecule has 0 aliphatic carbocycles. The van der Waals surface area contributed by atoms with Gasteiger partial charge in [0, 0.05) is 96.0 Å². The van der Waals surface area contributed by atoms with Gasteiger partial charge >= 0.3 is 6.18 Å². The number of halogens is 3. The van der Waals surface area contributed by atoms with Gasteiger partial charge in [-0.3, -0.25) is 38.4 Å². The lowest BCUT2D eigenvalue weighted by molar-refractivity contribution is -0.136. The minimum absolute atomic E-state index is 0.0926. The normalized spacial score (nSPS) is 12.9. The molecule has 0 unspecified atom stereocenters. The minimum Gasteiger partial charge on any atom is -0.308 e. The highest BCUT2D eigenvalue weighted by atomic mass is 32.2. The molecule has 9 heterocycles. The molecular weight excluding hydrogens is 1750 g/mol. The number of pyridine rings is 8. The molecule has 0 amide bonds. The Morgan fingerprint density at radius 1 is 0.259 bits per heavy atom. The van der Waals surface area contributed by atoms with Gasteiger partial charge in [-0.25, -0.2) is 0 Å². The zero-order chi connectivity index (χ0) is 96.2. The zero-order valence-electron chi connectivity index (χ0n) is 78.2. The van der Waals surface area contributed by atoms with E-state index in [2.05, 4.69) is 111 Å². The summed E-state index contributed by atoms with van der Waals surface area (Å²) in [6.07, 6.45) is -4.86. The summed E-state index contributed by atoms with van der Waals surface area (Å²) in [5, 5.41) is 7.02. The third-order valence-electron chi connectivity index (χ3n) is 29.3. The van der Waals surface area contributed by atoms with Crippen LogP contribution in [0.4, 0.5) is 13.2 Å². The van der Waals surface area contributed by atoms with Crippen LogP contribution in [0, 0.1) is 0 Å². The number of hydrogen-bond donors (Lipinski definition) is 0. The first-order chi connectivity index (χ1) is 66.7. The van der Waals surface area contributed by atoms with Gasteiger partial charge < -0.3 is 17.6 Å². The van der Waals surface area contributed by atoms with E-state index < -0.39 is 22.6 Å². The molecule has 0 bridgehead atoms. The van der Waals surface area contributed by atoms with Crippen LogP contribution in [0.2, 0.25) is 0 Å². The first-order valence-electron chi connectivity index (χ1n) is 47.2. The lowest BCUT2D eigenvalue weighted by Gasteiger charge is -2.33. The van der Waals surface area contributed by atoms with Crippen LogP contribution in [0.25, 0.3) is 197 Å². The first kappa shape index (κ1) is 86.2. The topological polar surface area (TPSA) is 154 Å². The van der Waals surface area contributed by atoms with Crippen molar-refractivity contribution in [3.63, 3.8) is 0 Å². The van der Waals surface area contributed by atoms with Gasteiger partial charge in [0.15, 0.2) is 43.4 Å². The Balaban J connectivity index is 0.000000153. The van der Waals surface area contributed by atoms with Crippen molar-refractivity contribution < 1.29 is 13.2 Å². The maximum Gasteiger partial charge on any atom is 0.417 e. The minimum atomic E-state index is -4.86. The van der Waals surface area contributed by atoms with Gasteiger partial charge in [-0.1, -0.05) is 251 Å². The fourth-order valence-electron chi connectivity index (χ4n) is 22.5. The van der Waals surface area contributed by atoms with Gasteiger partial charge in [-0.2, -0.15) is 13.2 Å². The van der Waals surface area contributed by atoms with Gasteiger partial charge in [-0.15, -0.1) is 0 Å². The molecule has 0 radical (unpaired) electrons. The van der Waals surface area contributed by atoms with E-state index in [9.17, 15) is 28.8 Å². The third kappa shape index (κ3) is 12.8. The second kappa shape index (κ2) is 30.9. The fraction of sp³-hybridized carbons (Fsp3) is 0.148. The Morgan fingerprint density at radius 3 is 0.892 bits per heavy atom. The van der Waals surface area contributed by atoms with Gasteiger partial charge in [-0.05, 0) is 259 Å². The zero-order valence-corrected chi connectivity index (χ0v) is 79.0. The van der Waals surface area contributed by atoms with Crippen molar-refractivity contribution >= 4 is 187 Å². The number of fused-ring (bicyclic) bond motifs is 18. The van der Waals surface area contributed by atoms with Crippen LogP contribution in [-0.4, -0.2) is 24.3 Å². The molecule has 17 heteroatoms. The van der Waals surface area contributed by atoms with Crippen molar-refractivity contribution in [2.45, 2.75) is 128 Å². The van der Waals surface area contributed by atoms with E-state index >= 15 is 22.8 Å². The summed E-state index contributed by atoms with van der Waals surface area (Å²) in [5.41, 5.74) is 16.9. The molecule has 1 aliphatic rings. The van der Waals surface area contributed by atoms with Gasteiger partial charge in [0.2, 0.25) is 6.71 Å².